The van der Waals surface area contributed by atoms with E-state index in [0.29, 0.717) is 6.54 Å². The molecule has 1 atom stereocenters. The minimum atomic E-state index is -0.0586. The molecule has 0 aliphatic carbocycles. The van der Waals surface area contributed by atoms with E-state index < -0.39 is 0 Å². The summed E-state index contributed by atoms with van der Waals surface area (Å²) in [6.45, 7) is 6.60. The van der Waals surface area contributed by atoms with Crippen LogP contribution in [0.15, 0.2) is 12.7 Å². The maximum Gasteiger partial charge on any atom is 0.237 e. The second-order valence-electron chi connectivity index (χ2n) is 3.17. The van der Waals surface area contributed by atoms with E-state index in [4.69, 9.17) is 5.73 Å². The summed E-state index contributed by atoms with van der Waals surface area (Å²) in [4.78, 5) is 13.5. The molecule has 1 unspecified atom stereocenters. The Labute approximate surface area is 78.8 Å². The van der Waals surface area contributed by atoms with Crippen molar-refractivity contribution in [1.82, 2.24) is 10.2 Å². The van der Waals surface area contributed by atoms with Gasteiger partial charge in [0.25, 0.3) is 0 Å². The molecule has 1 rings (SSSR count). The Balaban J connectivity index is 2.56. The van der Waals surface area contributed by atoms with Crippen LogP contribution < -0.4 is 11.1 Å². The summed E-state index contributed by atoms with van der Waals surface area (Å²) in [5.74, 6) is 0.0959. The largest absolute Gasteiger partial charge is 0.353 e. The van der Waals surface area contributed by atoms with Crippen molar-refractivity contribution in [3.05, 3.63) is 12.7 Å². The minimum Gasteiger partial charge on any atom is -0.353 e. The first-order chi connectivity index (χ1) is 6.29. The van der Waals surface area contributed by atoms with Crippen LogP contribution in [0.25, 0.3) is 0 Å². The average molecular weight is 183 g/mol. The van der Waals surface area contributed by atoms with Gasteiger partial charge in [-0.25, -0.2) is 0 Å². The van der Waals surface area contributed by atoms with Crippen LogP contribution in [0.2, 0.25) is 0 Å². The van der Waals surface area contributed by atoms with Crippen LogP contribution in [0.1, 0.15) is 6.42 Å². The topological polar surface area (TPSA) is 58.4 Å². The van der Waals surface area contributed by atoms with Gasteiger partial charge in [0.1, 0.15) is 0 Å². The van der Waals surface area contributed by atoms with Gasteiger partial charge < -0.3 is 11.1 Å². The van der Waals surface area contributed by atoms with Gasteiger partial charge in [-0.3, -0.25) is 9.69 Å². The third kappa shape index (κ3) is 2.54. The number of hydrogen-bond donors (Lipinski definition) is 2. The number of rotatable bonds is 4. The highest BCUT2D eigenvalue weighted by atomic mass is 16.2. The number of amides is 1. The average Bonchev–Trinajstić information content (AvgIpc) is 2.11. The molecule has 0 bridgehead atoms. The molecule has 4 nitrogen and oxygen atoms in total. The fourth-order valence-electron chi connectivity index (χ4n) is 1.62. The highest BCUT2D eigenvalue weighted by Crippen LogP contribution is 2.07. The van der Waals surface area contributed by atoms with Crippen LogP contribution in [0.5, 0.6) is 0 Å². The van der Waals surface area contributed by atoms with E-state index in [1.807, 2.05) is 6.08 Å². The Morgan fingerprint density at radius 3 is 3.15 bits per heavy atom. The number of carbonyl (C=O) groups excluding carboxylic acids is 1. The van der Waals surface area contributed by atoms with E-state index in [-0.39, 0.29) is 11.9 Å². The Bertz CT molecular complexity index is 193. The lowest BCUT2D eigenvalue weighted by Gasteiger charge is -2.33. The molecule has 0 saturated carbocycles. The van der Waals surface area contributed by atoms with Gasteiger partial charge in [0, 0.05) is 19.6 Å². The van der Waals surface area contributed by atoms with Crippen molar-refractivity contribution >= 4 is 5.91 Å². The Hall–Kier alpha value is -0.870. The maximum absolute atomic E-state index is 11.4. The zero-order valence-electron chi connectivity index (χ0n) is 7.83. The number of piperazine rings is 1. The predicted octanol–water partition coefficient (Wildman–Crippen LogP) is -0.678. The van der Waals surface area contributed by atoms with Crippen LogP contribution in [0.4, 0.5) is 0 Å². The monoisotopic (exact) mass is 183 g/mol. The number of nitrogens with two attached hydrogens (primary N) is 1. The molecule has 13 heavy (non-hydrogen) atoms. The third-order valence-electron chi connectivity index (χ3n) is 2.25. The first kappa shape index (κ1) is 10.2. The van der Waals surface area contributed by atoms with Crippen LogP contribution in [0.3, 0.4) is 0 Å². The zero-order valence-corrected chi connectivity index (χ0v) is 7.83. The van der Waals surface area contributed by atoms with Gasteiger partial charge in [-0.1, -0.05) is 6.08 Å². The molecule has 1 saturated heterocycles. The van der Waals surface area contributed by atoms with Gasteiger partial charge >= 0.3 is 0 Å². The Morgan fingerprint density at radius 1 is 1.77 bits per heavy atom. The highest BCUT2D eigenvalue weighted by Gasteiger charge is 2.27. The SMILES string of the molecule is C=CCN1CCNC(=O)C1CCN. The molecule has 1 fully saturated rings. The predicted molar refractivity (Wildman–Crippen MR) is 52.2 cm³/mol. The third-order valence-corrected chi connectivity index (χ3v) is 2.25. The second-order valence-corrected chi connectivity index (χ2v) is 3.17. The molecule has 0 radical (unpaired) electrons. The molecule has 1 aliphatic heterocycles. The number of nitrogens with one attached hydrogen (secondary N) is 1. The van der Waals surface area contributed by atoms with Crippen molar-refractivity contribution in [2.75, 3.05) is 26.2 Å². The molecular weight excluding hydrogens is 166 g/mol. The van der Waals surface area contributed by atoms with E-state index in [0.717, 1.165) is 26.1 Å². The molecule has 1 amide bonds. The zero-order chi connectivity index (χ0) is 9.68. The fourth-order valence-corrected chi connectivity index (χ4v) is 1.62. The Morgan fingerprint density at radius 2 is 2.54 bits per heavy atom. The van der Waals surface area contributed by atoms with E-state index in [2.05, 4.69) is 16.8 Å². The molecule has 0 aromatic heterocycles. The lowest BCUT2D eigenvalue weighted by molar-refractivity contribution is -0.128. The standard InChI is InChI=1S/C9H17N3O/c1-2-6-12-7-5-11-9(13)8(12)3-4-10/h2,8H,1,3-7,10H2,(H,11,13). The van der Waals surface area contributed by atoms with Crippen molar-refractivity contribution in [2.45, 2.75) is 12.5 Å². The fraction of sp³-hybridized carbons (Fsp3) is 0.667. The van der Waals surface area contributed by atoms with Gasteiger partial charge in [-0.05, 0) is 13.0 Å². The molecule has 74 valence electrons. The van der Waals surface area contributed by atoms with Crippen LogP contribution in [0, 0.1) is 0 Å². The van der Waals surface area contributed by atoms with Gasteiger partial charge in [0.2, 0.25) is 5.91 Å². The molecule has 3 N–H and O–H groups in total. The van der Waals surface area contributed by atoms with E-state index in [1.165, 1.54) is 0 Å². The summed E-state index contributed by atoms with van der Waals surface area (Å²) < 4.78 is 0. The molecule has 0 aromatic carbocycles. The summed E-state index contributed by atoms with van der Waals surface area (Å²) in [7, 11) is 0. The van der Waals surface area contributed by atoms with Crippen molar-refractivity contribution in [3.63, 3.8) is 0 Å². The van der Waals surface area contributed by atoms with E-state index in [1.54, 1.807) is 0 Å². The molecule has 4 heteroatoms. The summed E-state index contributed by atoms with van der Waals surface area (Å²) in [5, 5.41) is 2.83. The number of nitrogens with zero attached hydrogens (tertiary/aromatic N) is 1. The smallest absolute Gasteiger partial charge is 0.237 e. The van der Waals surface area contributed by atoms with Crippen molar-refractivity contribution in [1.29, 1.82) is 0 Å². The summed E-state index contributed by atoms with van der Waals surface area (Å²) in [6.07, 6.45) is 2.54. The Kier molecular flexibility index (Phi) is 3.92. The van der Waals surface area contributed by atoms with Crippen molar-refractivity contribution in [2.24, 2.45) is 5.73 Å². The van der Waals surface area contributed by atoms with Gasteiger partial charge in [0.15, 0.2) is 0 Å². The molecule has 1 aliphatic rings. The van der Waals surface area contributed by atoms with Crippen LogP contribution in [-0.2, 0) is 4.79 Å². The van der Waals surface area contributed by atoms with E-state index >= 15 is 0 Å². The minimum absolute atomic E-state index is 0.0586. The van der Waals surface area contributed by atoms with Crippen molar-refractivity contribution < 1.29 is 4.79 Å². The quantitative estimate of drug-likeness (QED) is 0.568. The van der Waals surface area contributed by atoms with Gasteiger partial charge in [0.05, 0.1) is 6.04 Å². The lowest BCUT2D eigenvalue weighted by Crippen LogP contribution is -2.55. The van der Waals surface area contributed by atoms with Crippen molar-refractivity contribution in [3.8, 4) is 0 Å². The van der Waals surface area contributed by atoms with Crippen LogP contribution in [-0.4, -0.2) is 43.0 Å². The second kappa shape index (κ2) is 4.99. The summed E-state index contributed by atoms with van der Waals surface area (Å²) >= 11 is 0. The molecular formula is C9H17N3O. The molecule has 1 heterocycles. The molecule has 0 spiro atoms. The summed E-state index contributed by atoms with van der Waals surface area (Å²) in [6, 6.07) is -0.0586. The lowest BCUT2D eigenvalue weighted by atomic mass is 10.1. The van der Waals surface area contributed by atoms with Gasteiger partial charge in [-0.15, -0.1) is 6.58 Å². The molecule has 0 aromatic rings. The van der Waals surface area contributed by atoms with Crippen LogP contribution >= 0.6 is 0 Å². The number of carbonyl (C=O) groups is 1. The first-order valence-corrected chi connectivity index (χ1v) is 4.62. The summed E-state index contributed by atoms with van der Waals surface area (Å²) in [5.41, 5.74) is 5.45. The van der Waals surface area contributed by atoms with E-state index in [9.17, 15) is 4.79 Å². The maximum atomic E-state index is 11.4. The normalized spacial score (nSPS) is 24.1. The highest BCUT2D eigenvalue weighted by molar-refractivity contribution is 5.82. The number of hydrogen-bond acceptors (Lipinski definition) is 3. The first-order valence-electron chi connectivity index (χ1n) is 4.62. The van der Waals surface area contributed by atoms with Gasteiger partial charge in [-0.2, -0.15) is 0 Å².